The number of carbonyl (C=O) groups is 1. The van der Waals surface area contributed by atoms with E-state index in [1.807, 2.05) is 31.2 Å². The molecule has 1 heterocycles. The molecule has 1 aliphatic rings. The number of hydrogen-bond donors (Lipinski definition) is 2. The Morgan fingerprint density at radius 2 is 2.35 bits per heavy atom. The van der Waals surface area contributed by atoms with Crippen LogP contribution in [0.15, 0.2) is 24.3 Å². The third kappa shape index (κ3) is 2.97. The van der Waals surface area contributed by atoms with Crippen molar-refractivity contribution in [2.45, 2.75) is 31.9 Å². The Morgan fingerprint density at radius 3 is 3.06 bits per heavy atom. The molecule has 4 nitrogen and oxygen atoms in total. The molecule has 2 atom stereocenters. The van der Waals surface area contributed by atoms with Crippen LogP contribution in [0.3, 0.4) is 0 Å². The number of fused-ring (bicyclic) bond motifs is 1. The van der Waals surface area contributed by atoms with E-state index >= 15 is 0 Å². The van der Waals surface area contributed by atoms with Crippen molar-refractivity contribution in [3.8, 4) is 5.75 Å². The van der Waals surface area contributed by atoms with E-state index in [-0.39, 0.29) is 18.1 Å². The average molecular weight is 234 g/mol. The minimum atomic E-state index is -0.388. The zero-order chi connectivity index (χ0) is 12.3. The van der Waals surface area contributed by atoms with Crippen LogP contribution in [-0.2, 0) is 11.2 Å². The molecule has 4 heteroatoms. The molecule has 0 saturated heterocycles. The third-order valence-corrected chi connectivity index (χ3v) is 2.84. The van der Waals surface area contributed by atoms with Gasteiger partial charge in [-0.1, -0.05) is 18.2 Å². The summed E-state index contributed by atoms with van der Waals surface area (Å²) in [4.78, 5) is 11.8. The number of hydrogen-bond acceptors (Lipinski definition) is 3. The van der Waals surface area contributed by atoms with Gasteiger partial charge in [0.15, 0.2) is 6.10 Å². The minimum absolute atomic E-state index is 0.0538. The van der Waals surface area contributed by atoms with Crippen LogP contribution >= 0.6 is 0 Å². The zero-order valence-corrected chi connectivity index (χ0v) is 9.98. The molecule has 0 spiro atoms. The summed E-state index contributed by atoms with van der Waals surface area (Å²) in [7, 11) is 0. The number of nitrogens with one attached hydrogen (secondary N) is 1. The first kappa shape index (κ1) is 11.9. The summed E-state index contributed by atoms with van der Waals surface area (Å²) < 4.78 is 5.58. The summed E-state index contributed by atoms with van der Waals surface area (Å²) in [5, 5.41) is 2.85. The van der Waals surface area contributed by atoms with Gasteiger partial charge in [0.2, 0.25) is 0 Å². The van der Waals surface area contributed by atoms with Crippen LogP contribution in [0, 0.1) is 0 Å². The molecular formula is C13H18N2O2. The minimum Gasteiger partial charge on any atom is -0.480 e. The molecule has 0 saturated carbocycles. The highest BCUT2D eigenvalue weighted by Crippen LogP contribution is 2.27. The molecule has 0 aliphatic carbocycles. The smallest absolute Gasteiger partial charge is 0.261 e. The van der Waals surface area contributed by atoms with Crippen LogP contribution in [0.4, 0.5) is 0 Å². The number of carbonyl (C=O) groups excluding carboxylic acids is 1. The van der Waals surface area contributed by atoms with Crippen LogP contribution in [0.25, 0.3) is 0 Å². The van der Waals surface area contributed by atoms with Gasteiger partial charge in [-0.2, -0.15) is 0 Å². The fourth-order valence-corrected chi connectivity index (χ4v) is 1.87. The van der Waals surface area contributed by atoms with E-state index in [4.69, 9.17) is 10.5 Å². The van der Waals surface area contributed by atoms with Crippen molar-refractivity contribution in [1.82, 2.24) is 5.32 Å². The fourth-order valence-electron chi connectivity index (χ4n) is 1.87. The monoisotopic (exact) mass is 234 g/mol. The summed E-state index contributed by atoms with van der Waals surface area (Å²) in [6, 6.07) is 7.86. The van der Waals surface area contributed by atoms with Gasteiger partial charge in [-0.05, 0) is 25.0 Å². The van der Waals surface area contributed by atoms with Gasteiger partial charge in [0.1, 0.15) is 5.75 Å². The van der Waals surface area contributed by atoms with Gasteiger partial charge < -0.3 is 15.8 Å². The van der Waals surface area contributed by atoms with Crippen molar-refractivity contribution in [2.24, 2.45) is 5.73 Å². The number of nitrogens with two attached hydrogens (primary N) is 1. The van der Waals surface area contributed by atoms with Gasteiger partial charge in [-0.15, -0.1) is 0 Å². The van der Waals surface area contributed by atoms with Crippen LogP contribution < -0.4 is 15.8 Å². The van der Waals surface area contributed by atoms with Crippen LogP contribution in [-0.4, -0.2) is 24.6 Å². The quantitative estimate of drug-likeness (QED) is 0.811. The van der Waals surface area contributed by atoms with E-state index in [1.165, 1.54) is 0 Å². The molecule has 0 bridgehead atoms. The van der Waals surface area contributed by atoms with E-state index < -0.39 is 0 Å². The van der Waals surface area contributed by atoms with Crippen LogP contribution in [0.2, 0.25) is 0 Å². The Hall–Kier alpha value is -1.55. The molecule has 0 aromatic heterocycles. The van der Waals surface area contributed by atoms with E-state index in [2.05, 4.69) is 5.32 Å². The standard InChI is InChI=1S/C13H18N2O2/c1-9(14)6-7-15-13(16)12-8-10-4-2-3-5-11(10)17-12/h2-5,9,12H,6-8,14H2,1H3,(H,15,16). The molecule has 1 aromatic rings. The number of amides is 1. The van der Waals surface area contributed by atoms with E-state index in [1.54, 1.807) is 0 Å². The highest BCUT2D eigenvalue weighted by atomic mass is 16.5. The molecule has 2 rings (SSSR count). The van der Waals surface area contributed by atoms with Gasteiger partial charge in [0.05, 0.1) is 0 Å². The van der Waals surface area contributed by atoms with Crippen molar-refractivity contribution in [1.29, 1.82) is 0 Å². The molecule has 3 N–H and O–H groups in total. The first-order valence-electron chi connectivity index (χ1n) is 5.94. The second-order valence-corrected chi connectivity index (χ2v) is 4.48. The largest absolute Gasteiger partial charge is 0.480 e. The maximum Gasteiger partial charge on any atom is 0.261 e. The molecule has 1 aliphatic heterocycles. The molecule has 1 amide bonds. The Labute approximate surface area is 101 Å². The van der Waals surface area contributed by atoms with Crippen LogP contribution in [0.1, 0.15) is 18.9 Å². The van der Waals surface area contributed by atoms with Crippen molar-refractivity contribution < 1.29 is 9.53 Å². The summed E-state index contributed by atoms with van der Waals surface area (Å²) in [5.74, 6) is 0.765. The van der Waals surface area contributed by atoms with Crippen molar-refractivity contribution >= 4 is 5.91 Å². The molecule has 92 valence electrons. The van der Waals surface area contributed by atoms with Crippen molar-refractivity contribution in [3.05, 3.63) is 29.8 Å². The normalized spacial score (nSPS) is 19.3. The lowest BCUT2D eigenvalue weighted by molar-refractivity contribution is -0.127. The van der Waals surface area contributed by atoms with Crippen molar-refractivity contribution in [3.63, 3.8) is 0 Å². The maximum atomic E-state index is 11.8. The average Bonchev–Trinajstić information content (AvgIpc) is 2.71. The van der Waals surface area contributed by atoms with Gasteiger partial charge >= 0.3 is 0 Å². The second-order valence-electron chi connectivity index (χ2n) is 4.48. The number of benzene rings is 1. The van der Waals surface area contributed by atoms with E-state index in [9.17, 15) is 4.79 Å². The highest BCUT2D eigenvalue weighted by molar-refractivity contribution is 5.82. The Kier molecular flexibility index (Phi) is 3.64. The lowest BCUT2D eigenvalue weighted by atomic mass is 10.1. The maximum absolute atomic E-state index is 11.8. The molecule has 0 fully saturated rings. The first-order chi connectivity index (χ1) is 8.16. The predicted octanol–water partition coefficient (Wildman–Crippen LogP) is 0.844. The Morgan fingerprint density at radius 1 is 1.59 bits per heavy atom. The molecule has 0 radical (unpaired) electrons. The van der Waals surface area contributed by atoms with E-state index in [0.29, 0.717) is 13.0 Å². The van der Waals surface area contributed by atoms with Crippen LogP contribution in [0.5, 0.6) is 5.75 Å². The lowest BCUT2D eigenvalue weighted by Crippen LogP contribution is -2.39. The Balaban J connectivity index is 1.84. The summed E-state index contributed by atoms with van der Waals surface area (Å²) in [6.07, 6.45) is 1.05. The molecule has 17 heavy (non-hydrogen) atoms. The number of ether oxygens (including phenoxy) is 1. The molecule has 2 unspecified atom stereocenters. The summed E-state index contributed by atoms with van der Waals surface area (Å²) in [6.45, 7) is 2.53. The van der Waals surface area contributed by atoms with Crippen molar-refractivity contribution in [2.75, 3.05) is 6.54 Å². The number of para-hydroxylation sites is 1. The third-order valence-electron chi connectivity index (χ3n) is 2.84. The highest BCUT2D eigenvalue weighted by Gasteiger charge is 2.28. The van der Waals surface area contributed by atoms with Gasteiger partial charge in [-0.3, -0.25) is 4.79 Å². The number of rotatable bonds is 4. The molecular weight excluding hydrogens is 216 g/mol. The summed E-state index contributed by atoms with van der Waals surface area (Å²) in [5.41, 5.74) is 6.72. The fraction of sp³-hybridized carbons (Fsp3) is 0.462. The topological polar surface area (TPSA) is 64.3 Å². The zero-order valence-electron chi connectivity index (χ0n) is 9.98. The van der Waals surface area contributed by atoms with E-state index in [0.717, 1.165) is 17.7 Å². The van der Waals surface area contributed by atoms with Gasteiger partial charge in [-0.25, -0.2) is 0 Å². The summed E-state index contributed by atoms with van der Waals surface area (Å²) >= 11 is 0. The van der Waals surface area contributed by atoms with Gasteiger partial charge in [0, 0.05) is 19.0 Å². The van der Waals surface area contributed by atoms with Gasteiger partial charge in [0.25, 0.3) is 5.91 Å². The molecule has 1 aromatic carbocycles. The first-order valence-corrected chi connectivity index (χ1v) is 5.94. The predicted molar refractivity (Wildman–Crippen MR) is 65.8 cm³/mol. The lowest BCUT2D eigenvalue weighted by Gasteiger charge is -2.12. The SMILES string of the molecule is CC(N)CCNC(=O)C1Cc2ccccc2O1. The Bertz CT molecular complexity index is 379. The second kappa shape index (κ2) is 5.19.